The second-order valence-electron chi connectivity index (χ2n) is 5.06. The minimum Gasteiger partial charge on any atom is -0.497 e. The second-order valence-corrected chi connectivity index (χ2v) is 5.06. The molecule has 0 aliphatic heterocycles. The SMILES string of the molecule is C=CCCCCCCCCOC(=O)c1ccc(OC)cc1. The maximum Gasteiger partial charge on any atom is 0.338 e. The number of unbranched alkanes of at least 4 members (excludes halogenated alkanes) is 6. The lowest BCUT2D eigenvalue weighted by Gasteiger charge is -2.06. The zero-order valence-corrected chi connectivity index (χ0v) is 13.0. The van der Waals surface area contributed by atoms with Crippen molar-refractivity contribution in [3.05, 3.63) is 42.5 Å². The van der Waals surface area contributed by atoms with Crippen LogP contribution in [0.2, 0.25) is 0 Å². The van der Waals surface area contributed by atoms with Crippen LogP contribution in [0.4, 0.5) is 0 Å². The maximum absolute atomic E-state index is 11.8. The molecule has 0 fully saturated rings. The van der Waals surface area contributed by atoms with E-state index in [2.05, 4.69) is 6.58 Å². The van der Waals surface area contributed by atoms with Gasteiger partial charge in [-0.2, -0.15) is 0 Å². The van der Waals surface area contributed by atoms with Crippen molar-refractivity contribution in [2.75, 3.05) is 13.7 Å². The Kier molecular flexibility index (Phi) is 9.01. The molecule has 0 bridgehead atoms. The number of hydrogen-bond acceptors (Lipinski definition) is 3. The topological polar surface area (TPSA) is 35.5 Å². The van der Waals surface area contributed by atoms with E-state index in [1.807, 2.05) is 6.08 Å². The van der Waals surface area contributed by atoms with Crippen molar-refractivity contribution >= 4 is 5.97 Å². The molecule has 3 nitrogen and oxygen atoms in total. The van der Waals surface area contributed by atoms with Gasteiger partial charge < -0.3 is 9.47 Å². The van der Waals surface area contributed by atoms with Crippen molar-refractivity contribution in [3.8, 4) is 5.75 Å². The van der Waals surface area contributed by atoms with E-state index in [0.717, 1.165) is 25.0 Å². The Bertz CT molecular complexity index is 409. The number of allylic oxidation sites excluding steroid dienone is 1. The lowest BCUT2D eigenvalue weighted by Crippen LogP contribution is -2.06. The molecule has 0 saturated carbocycles. The number of esters is 1. The molecule has 1 aromatic carbocycles. The zero-order chi connectivity index (χ0) is 15.3. The lowest BCUT2D eigenvalue weighted by atomic mass is 10.1. The van der Waals surface area contributed by atoms with Crippen molar-refractivity contribution in [1.82, 2.24) is 0 Å². The van der Waals surface area contributed by atoms with Gasteiger partial charge in [-0.15, -0.1) is 6.58 Å². The molecule has 0 spiro atoms. The first-order valence-corrected chi connectivity index (χ1v) is 7.70. The molecule has 0 atom stereocenters. The summed E-state index contributed by atoms with van der Waals surface area (Å²) < 4.78 is 10.3. The van der Waals surface area contributed by atoms with E-state index in [1.165, 1.54) is 25.7 Å². The van der Waals surface area contributed by atoms with Crippen molar-refractivity contribution in [2.24, 2.45) is 0 Å². The van der Waals surface area contributed by atoms with Crippen LogP contribution in [0.5, 0.6) is 5.75 Å². The lowest BCUT2D eigenvalue weighted by molar-refractivity contribution is 0.0497. The fourth-order valence-electron chi connectivity index (χ4n) is 2.07. The highest BCUT2D eigenvalue weighted by Gasteiger charge is 2.06. The first kappa shape index (κ1) is 17.3. The van der Waals surface area contributed by atoms with Crippen LogP contribution < -0.4 is 4.74 Å². The van der Waals surface area contributed by atoms with Crippen molar-refractivity contribution in [3.63, 3.8) is 0 Å². The third-order valence-corrected chi connectivity index (χ3v) is 3.36. The number of rotatable bonds is 11. The van der Waals surface area contributed by atoms with Crippen LogP contribution >= 0.6 is 0 Å². The fourth-order valence-corrected chi connectivity index (χ4v) is 2.07. The summed E-state index contributed by atoms with van der Waals surface area (Å²) in [6.07, 6.45) is 10.1. The minimum absolute atomic E-state index is 0.261. The Morgan fingerprint density at radius 2 is 1.67 bits per heavy atom. The van der Waals surface area contributed by atoms with E-state index in [0.29, 0.717) is 12.2 Å². The molecule has 0 radical (unpaired) electrons. The summed E-state index contributed by atoms with van der Waals surface area (Å²) >= 11 is 0. The molecule has 0 aliphatic carbocycles. The molecule has 1 aromatic rings. The van der Waals surface area contributed by atoms with E-state index >= 15 is 0 Å². The average molecular weight is 290 g/mol. The standard InChI is InChI=1S/C18H26O3/c1-3-4-5-6-7-8-9-10-15-21-18(19)16-11-13-17(20-2)14-12-16/h3,11-14H,1,4-10,15H2,2H3. The Labute approximate surface area is 128 Å². The van der Waals surface area contributed by atoms with Crippen LogP contribution in [-0.2, 0) is 4.74 Å². The van der Waals surface area contributed by atoms with Crippen LogP contribution in [0.25, 0.3) is 0 Å². The van der Waals surface area contributed by atoms with Gasteiger partial charge in [0.2, 0.25) is 0 Å². The Morgan fingerprint density at radius 1 is 1.05 bits per heavy atom. The van der Waals surface area contributed by atoms with Gasteiger partial charge in [0.05, 0.1) is 19.3 Å². The van der Waals surface area contributed by atoms with Gasteiger partial charge >= 0.3 is 5.97 Å². The summed E-state index contributed by atoms with van der Waals surface area (Å²) in [5, 5.41) is 0. The van der Waals surface area contributed by atoms with Crippen LogP contribution in [0.3, 0.4) is 0 Å². The normalized spacial score (nSPS) is 10.1. The molecule has 3 heteroatoms. The molecular formula is C18H26O3. The molecule has 0 heterocycles. The number of ether oxygens (including phenoxy) is 2. The van der Waals surface area contributed by atoms with E-state index in [9.17, 15) is 4.79 Å². The highest BCUT2D eigenvalue weighted by atomic mass is 16.5. The van der Waals surface area contributed by atoms with Gasteiger partial charge in [0, 0.05) is 0 Å². The van der Waals surface area contributed by atoms with Gasteiger partial charge in [0.15, 0.2) is 0 Å². The molecule has 0 saturated heterocycles. The van der Waals surface area contributed by atoms with E-state index < -0.39 is 0 Å². The quantitative estimate of drug-likeness (QED) is 0.334. The molecule has 1 rings (SSSR count). The van der Waals surface area contributed by atoms with E-state index in [-0.39, 0.29) is 5.97 Å². The number of benzene rings is 1. The summed E-state index contributed by atoms with van der Waals surface area (Å²) in [4.78, 5) is 11.8. The largest absolute Gasteiger partial charge is 0.497 e. The Morgan fingerprint density at radius 3 is 2.29 bits per heavy atom. The van der Waals surface area contributed by atoms with Crippen LogP contribution in [0.1, 0.15) is 55.3 Å². The first-order valence-electron chi connectivity index (χ1n) is 7.70. The molecule has 0 amide bonds. The number of hydrogen-bond donors (Lipinski definition) is 0. The molecule has 116 valence electrons. The summed E-state index contributed by atoms with van der Waals surface area (Å²) in [6, 6.07) is 6.97. The third kappa shape index (κ3) is 7.54. The highest BCUT2D eigenvalue weighted by Crippen LogP contribution is 2.12. The zero-order valence-electron chi connectivity index (χ0n) is 13.0. The van der Waals surface area contributed by atoms with Crippen molar-refractivity contribution < 1.29 is 14.3 Å². The van der Waals surface area contributed by atoms with Crippen molar-refractivity contribution in [2.45, 2.75) is 44.9 Å². The summed E-state index contributed by atoms with van der Waals surface area (Å²) in [5.74, 6) is 0.478. The van der Waals surface area contributed by atoms with E-state index in [1.54, 1.807) is 31.4 Å². The van der Waals surface area contributed by atoms with Gasteiger partial charge in [-0.1, -0.05) is 31.8 Å². The maximum atomic E-state index is 11.8. The predicted molar refractivity (Wildman–Crippen MR) is 85.8 cm³/mol. The van der Waals surface area contributed by atoms with E-state index in [4.69, 9.17) is 9.47 Å². The van der Waals surface area contributed by atoms with Crippen molar-refractivity contribution in [1.29, 1.82) is 0 Å². The predicted octanol–water partition coefficient (Wildman–Crippen LogP) is 4.77. The fraction of sp³-hybridized carbons (Fsp3) is 0.500. The number of carbonyl (C=O) groups excluding carboxylic acids is 1. The Balaban J connectivity index is 2.06. The molecule has 21 heavy (non-hydrogen) atoms. The second kappa shape index (κ2) is 11.0. The highest BCUT2D eigenvalue weighted by molar-refractivity contribution is 5.89. The Hall–Kier alpha value is -1.77. The molecule has 0 aromatic heterocycles. The molecule has 0 aliphatic rings. The van der Waals surface area contributed by atoms with Crippen LogP contribution in [0, 0.1) is 0 Å². The number of methoxy groups -OCH3 is 1. The third-order valence-electron chi connectivity index (χ3n) is 3.36. The monoisotopic (exact) mass is 290 g/mol. The van der Waals surface area contributed by atoms with Crippen LogP contribution in [-0.4, -0.2) is 19.7 Å². The average Bonchev–Trinajstić information content (AvgIpc) is 2.53. The van der Waals surface area contributed by atoms with Gasteiger partial charge in [-0.25, -0.2) is 4.79 Å². The summed E-state index contributed by atoms with van der Waals surface area (Å²) in [7, 11) is 1.60. The molecular weight excluding hydrogens is 264 g/mol. The van der Waals surface area contributed by atoms with Gasteiger partial charge in [-0.3, -0.25) is 0 Å². The summed E-state index contributed by atoms with van der Waals surface area (Å²) in [5.41, 5.74) is 0.570. The van der Waals surface area contributed by atoms with Gasteiger partial charge in [0.1, 0.15) is 5.75 Å². The summed E-state index contributed by atoms with van der Waals surface area (Å²) in [6.45, 7) is 4.21. The van der Waals surface area contributed by atoms with Gasteiger partial charge in [0.25, 0.3) is 0 Å². The van der Waals surface area contributed by atoms with Crippen LogP contribution in [0.15, 0.2) is 36.9 Å². The van der Waals surface area contributed by atoms with Gasteiger partial charge in [-0.05, 0) is 43.5 Å². The number of carbonyl (C=O) groups is 1. The smallest absolute Gasteiger partial charge is 0.338 e. The molecule has 0 N–H and O–H groups in total. The molecule has 0 unspecified atom stereocenters. The first-order chi connectivity index (χ1) is 10.3. The minimum atomic E-state index is -0.261.